The van der Waals surface area contributed by atoms with E-state index >= 15 is 0 Å². The Kier molecular flexibility index (Phi) is 4.08. The quantitative estimate of drug-likeness (QED) is 0.892. The fourth-order valence-corrected chi connectivity index (χ4v) is 2.30. The summed E-state index contributed by atoms with van der Waals surface area (Å²) >= 11 is 6.17. The molecule has 19 heavy (non-hydrogen) atoms. The number of nitrogens with one attached hydrogen (secondary N) is 1. The van der Waals surface area contributed by atoms with Crippen molar-refractivity contribution in [3.8, 4) is 0 Å². The van der Waals surface area contributed by atoms with Gasteiger partial charge < -0.3 is 10.4 Å². The third kappa shape index (κ3) is 3.06. The molecular weight excluding hydrogens is 265 g/mol. The van der Waals surface area contributed by atoms with E-state index in [1.165, 1.54) is 12.1 Å². The fourth-order valence-electron chi connectivity index (χ4n) is 1.95. The molecule has 2 aromatic rings. The number of hydrogen-bond acceptors (Lipinski definition) is 2. The number of aliphatic hydroxyl groups excluding tert-OH is 1. The first-order chi connectivity index (χ1) is 9.05. The first-order valence-corrected chi connectivity index (χ1v) is 6.32. The van der Waals surface area contributed by atoms with Crippen LogP contribution in [-0.4, -0.2) is 11.7 Å². The number of benzene rings is 2. The van der Waals surface area contributed by atoms with Crippen molar-refractivity contribution in [3.05, 3.63) is 64.9 Å². The predicted molar refractivity (Wildman–Crippen MR) is 75.9 cm³/mol. The highest BCUT2D eigenvalue weighted by molar-refractivity contribution is 6.31. The van der Waals surface area contributed by atoms with Gasteiger partial charge in [-0.25, -0.2) is 4.39 Å². The van der Waals surface area contributed by atoms with E-state index in [1.54, 1.807) is 18.2 Å². The normalized spacial score (nSPS) is 13.9. The van der Waals surface area contributed by atoms with E-state index in [2.05, 4.69) is 5.32 Å². The van der Waals surface area contributed by atoms with Gasteiger partial charge in [0.25, 0.3) is 0 Å². The van der Waals surface area contributed by atoms with Crippen molar-refractivity contribution in [1.29, 1.82) is 0 Å². The van der Waals surface area contributed by atoms with E-state index in [-0.39, 0.29) is 12.4 Å². The van der Waals surface area contributed by atoms with Crippen LogP contribution < -0.4 is 5.32 Å². The van der Waals surface area contributed by atoms with Gasteiger partial charge in [-0.15, -0.1) is 0 Å². The van der Waals surface area contributed by atoms with E-state index in [9.17, 15) is 9.50 Å². The Labute approximate surface area is 116 Å². The molecule has 1 unspecified atom stereocenters. The first-order valence-electron chi connectivity index (χ1n) is 5.95. The lowest BCUT2D eigenvalue weighted by Gasteiger charge is -2.31. The molecule has 0 radical (unpaired) electrons. The molecule has 2 N–H and O–H groups in total. The Hall–Kier alpha value is -1.58. The van der Waals surface area contributed by atoms with Gasteiger partial charge in [0.05, 0.1) is 12.1 Å². The Bertz CT molecular complexity index is 558. The molecule has 0 aliphatic rings. The van der Waals surface area contributed by atoms with Gasteiger partial charge in [0, 0.05) is 10.7 Å². The van der Waals surface area contributed by atoms with Crippen molar-refractivity contribution in [3.63, 3.8) is 0 Å². The van der Waals surface area contributed by atoms with Crippen LogP contribution in [0.25, 0.3) is 0 Å². The van der Waals surface area contributed by atoms with Gasteiger partial charge in [-0.3, -0.25) is 0 Å². The molecule has 0 heterocycles. The molecule has 0 saturated carbocycles. The standard InChI is InChI=1S/C15H15ClFNO/c1-15(10-19,13-4-2-3-5-14(13)16)18-12-8-6-11(17)7-9-12/h2-9,18-19H,10H2,1H3. The van der Waals surface area contributed by atoms with Crippen molar-refractivity contribution < 1.29 is 9.50 Å². The zero-order valence-electron chi connectivity index (χ0n) is 10.5. The Morgan fingerprint density at radius 2 is 1.79 bits per heavy atom. The van der Waals surface area contributed by atoms with Crippen molar-refractivity contribution in [2.75, 3.05) is 11.9 Å². The van der Waals surface area contributed by atoms with Crippen LogP contribution in [0.4, 0.5) is 10.1 Å². The van der Waals surface area contributed by atoms with E-state index in [0.717, 1.165) is 11.3 Å². The van der Waals surface area contributed by atoms with Crippen molar-refractivity contribution in [2.24, 2.45) is 0 Å². The molecule has 0 fully saturated rings. The summed E-state index contributed by atoms with van der Waals surface area (Å²) in [7, 11) is 0. The SMILES string of the molecule is CC(CO)(Nc1ccc(F)cc1)c1ccccc1Cl. The molecule has 4 heteroatoms. The highest BCUT2D eigenvalue weighted by Crippen LogP contribution is 2.31. The second kappa shape index (κ2) is 5.59. The van der Waals surface area contributed by atoms with Gasteiger partial charge in [-0.05, 0) is 42.8 Å². The van der Waals surface area contributed by atoms with Crippen LogP contribution in [0.15, 0.2) is 48.5 Å². The van der Waals surface area contributed by atoms with Gasteiger partial charge in [0.1, 0.15) is 5.82 Å². The summed E-state index contributed by atoms with van der Waals surface area (Å²) in [5.74, 6) is -0.297. The summed E-state index contributed by atoms with van der Waals surface area (Å²) in [5.41, 5.74) is 0.789. The molecule has 2 aromatic carbocycles. The van der Waals surface area contributed by atoms with E-state index in [0.29, 0.717) is 5.02 Å². The van der Waals surface area contributed by atoms with Crippen LogP contribution in [0.5, 0.6) is 0 Å². The summed E-state index contributed by atoms with van der Waals surface area (Å²) in [5, 5.41) is 13.4. The van der Waals surface area contributed by atoms with E-state index < -0.39 is 5.54 Å². The summed E-state index contributed by atoms with van der Waals surface area (Å²) in [4.78, 5) is 0. The summed E-state index contributed by atoms with van der Waals surface area (Å²) < 4.78 is 12.9. The van der Waals surface area contributed by atoms with Gasteiger partial charge >= 0.3 is 0 Å². The maximum absolute atomic E-state index is 12.9. The van der Waals surface area contributed by atoms with Crippen LogP contribution in [0.2, 0.25) is 5.02 Å². The molecule has 2 rings (SSSR count). The highest BCUT2D eigenvalue weighted by atomic mass is 35.5. The minimum Gasteiger partial charge on any atom is -0.394 e. The number of rotatable bonds is 4. The van der Waals surface area contributed by atoms with Crippen LogP contribution >= 0.6 is 11.6 Å². The molecular formula is C15H15ClFNO. The zero-order chi connectivity index (χ0) is 13.9. The number of anilines is 1. The lowest BCUT2D eigenvalue weighted by molar-refractivity contribution is 0.224. The minimum atomic E-state index is -0.726. The Morgan fingerprint density at radius 3 is 2.37 bits per heavy atom. The molecule has 100 valence electrons. The third-order valence-corrected chi connectivity index (χ3v) is 3.38. The largest absolute Gasteiger partial charge is 0.394 e. The van der Waals surface area contributed by atoms with E-state index in [1.807, 2.05) is 25.1 Å². The second-order valence-electron chi connectivity index (χ2n) is 4.60. The van der Waals surface area contributed by atoms with Gasteiger partial charge in [0.15, 0.2) is 0 Å². The molecule has 0 aliphatic heterocycles. The van der Waals surface area contributed by atoms with Crippen LogP contribution in [0.3, 0.4) is 0 Å². The Balaban J connectivity index is 2.33. The third-order valence-electron chi connectivity index (χ3n) is 3.05. The molecule has 0 saturated heterocycles. The van der Waals surface area contributed by atoms with Crippen LogP contribution in [0.1, 0.15) is 12.5 Å². The van der Waals surface area contributed by atoms with Crippen molar-refractivity contribution in [2.45, 2.75) is 12.5 Å². The zero-order valence-corrected chi connectivity index (χ0v) is 11.3. The second-order valence-corrected chi connectivity index (χ2v) is 5.01. The molecule has 0 aliphatic carbocycles. The minimum absolute atomic E-state index is 0.131. The molecule has 0 spiro atoms. The average molecular weight is 280 g/mol. The molecule has 0 bridgehead atoms. The smallest absolute Gasteiger partial charge is 0.123 e. The lowest BCUT2D eigenvalue weighted by atomic mass is 9.92. The number of halogens is 2. The lowest BCUT2D eigenvalue weighted by Crippen LogP contribution is -2.36. The van der Waals surface area contributed by atoms with Crippen LogP contribution in [-0.2, 0) is 5.54 Å². The predicted octanol–water partition coefficient (Wildman–Crippen LogP) is 3.80. The number of hydrogen-bond donors (Lipinski definition) is 2. The first kappa shape index (κ1) is 13.8. The monoisotopic (exact) mass is 279 g/mol. The maximum atomic E-state index is 12.9. The highest BCUT2D eigenvalue weighted by Gasteiger charge is 2.27. The fraction of sp³-hybridized carbons (Fsp3) is 0.200. The molecule has 1 atom stereocenters. The molecule has 0 aromatic heterocycles. The summed E-state index contributed by atoms with van der Waals surface area (Å²) in [6.45, 7) is 1.71. The van der Waals surface area contributed by atoms with Crippen molar-refractivity contribution >= 4 is 17.3 Å². The average Bonchev–Trinajstić information content (AvgIpc) is 2.42. The van der Waals surface area contributed by atoms with Crippen LogP contribution in [0, 0.1) is 5.82 Å². The van der Waals surface area contributed by atoms with Crippen molar-refractivity contribution in [1.82, 2.24) is 0 Å². The number of aliphatic hydroxyl groups is 1. The topological polar surface area (TPSA) is 32.3 Å². The van der Waals surface area contributed by atoms with Gasteiger partial charge in [-0.2, -0.15) is 0 Å². The summed E-state index contributed by atoms with van der Waals surface area (Å²) in [6.07, 6.45) is 0. The molecule has 0 amide bonds. The maximum Gasteiger partial charge on any atom is 0.123 e. The van der Waals surface area contributed by atoms with Gasteiger partial charge in [-0.1, -0.05) is 29.8 Å². The Morgan fingerprint density at radius 1 is 1.16 bits per heavy atom. The van der Waals surface area contributed by atoms with Gasteiger partial charge in [0.2, 0.25) is 0 Å². The molecule has 2 nitrogen and oxygen atoms in total. The van der Waals surface area contributed by atoms with E-state index in [4.69, 9.17) is 11.6 Å². The summed E-state index contributed by atoms with van der Waals surface area (Å²) in [6, 6.07) is 13.3.